The van der Waals surface area contributed by atoms with Crippen LogP contribution in [0.4, 0.5) is 0 Å². The molecule has 4 aromatic carbocycles. The fourth-order valence-corrected chi connectivity index (χ4v) is 5.82. The van der Waals surface area contributed by atoms with E-state index in [1.54, 1.807) is 19.2 Å². The molecule has 2 atom stereocenters. The second-order valence-electron chi connectivity index (χ2n) is 12.1. The van der Waals surface area contributed by atoms with Crippen LogP contribution in [-0.2, 0) is 30.8 Å². The molecule has 0 aliphatic carbocycles. The molecule has 0 bridgehead atoms. The lowest BCUT2D eigenvalue weighted by Crippen LogP contribution is -2.40. The Labute approximate surface area is 273 Å². The van der Waals surface area contributed by atoms with Gasteiger partial charge in [-0.3, -0.25) is 14.2 Å². The number of benzene rings is 4. The van der Waals surface area contributed by atoms with E-state index in [4.69, 9.17) is 18.8 Å². The van der Waals surface area contributed by atoms with Crippen molar-refractivity contribution in [3.63, 3.8) is 0 Å². The van der Waals surface area contributed by atoms with Gasteiger partial charge in [-0.1, -0.05) is 74.0 Å². The quantitative estimate of drug-likeness (QED) is 0.145. The van der Waals surface area contributed by atoms with Crippen LogP contribution in [0.3, 0.4) is 0 Å². The van der Waals surface area contributed by atoms with Crippen LogP contribution in [0.5, 0.6) is 5.75 Å². The normalized spacial score (nSPS) is 16.0. The molecule has 0 saturated carbocycles. The average Bonchev–Trinajstić information content (AvgIpc) is 3.04. The minimum Gasteiger partial charge on any atom is -0.497 e. The topological polar surface area (TPSA) is 102 Å². The lowest BCUT2D eigenvalue weighted by molar-refractivity contribution is -0.146. The van der Waals surface area contributed by atoms with E-state index in [1.165, 1.54) is 28.6 Å². The number of morpholine rings is 1. The number of ether oxygens (including phenoxy) is 3. The highest BCUT2D eigenvalue weighted by atomic mass is 32.2. The van der Waals surface area contributed by atoms with Gasteiger partial charge in [-0.2, -0.15) is 8.42 Å². The summed E-state index contributed by atoms with van der Waals surface area (Å²) in [5.74, 6) is 1.04. The van der Waals surface area contributed by atoms with Crippen molar-refractivity contribution in [2.45, 2.75) is 51.0 Å². The number of methoxy groups -OCH3 is 1. The standard InChI is InChI=1S/C30H37NO4.C7H8O3S/c1-21(2)17-23-5-7-24(8-6-23)22(3)30(32)35-16-14-31-13-15-34-29(20-31)27-10-9-26-19-28(33-4)12-11-25(26)18-27;1-6-2-4-7(5-3-6)11(8,9)10/h5-12,18-19,21-22,29H,13-17,20H2,1-4H3;2-5H,1H3,(H,8,9,10). The molecule has 9 heteroatoms. The van der Waals surface area contributed by atoms with Crippen LogP contribution in [0.2, 0.25) is 0 Å². The van der Waals surface area contributed by atoms with Crippen molar-refractivity contribution in [2.75, 3.05) is 40.0 Å². The third kappa shape index (κ3) is 10.1. The number of hydrogen-bond acceptors (Lipinski definition) is 7. The predicted molar refractivity (Wildman–Crippen MR) is 181 cm³/mol. The van der Waals surface area contributed by atoms with Gasteiger partial charge in [0.15, 0.2) is 0 Å². The van der Waals surface area contributed by atoms with Crippen molar-refractivity contribution in [3.05, 3.63) is 107 Å². The van der Waals surface area contributed by atoms with Crippen LogP contribution in [0.25, 0.3) is 10.8 Å². The highest BCUT2D eigenvalue weighted by Crippen LogP contribution is 2.28. The summed E-state index contributed by atoms with van der Waals surface area (Å²) in [6.07, 6.45) is 1.06. The van der Waals surface area contributed by atoms with E-state index in [0.29, 0.717) is 25.7 Å². The molecule has 4 aromatic rings. The monoisotopic (exact) mass is 647 g/mol. The molecule has 1 aliphatic rings. The molecule has 46 heavy (non-hydrogen) atoms. The summed E-state index contributed by atoms with van der Waals surface area (Å²) in [6, 6.07) is 26.9. The Morgan fingerprint density at radius 2 is 1.63 bits per heavy atom. The average molecular weight is 648 g/mol. The van der Waals surface area contributed by atoms with Crippen molar-refractivity contribution in [2.24, 2.45) is 5.92 Å². The van der Waals surface area contributed by atoms with Gasteiger partial charge in [0.1, 0.15) is 12.4 Å². The first-order chi connectivity index (χ1) is 21.9. The SMILES string of the molecule is COc1ccc2cc(C3CN(CCOC(=O)C(C)c4ccc(CC(C)C)cc4)CCO3)ccc2c1.Cc1ccc(S(=O)(=O)O)cc1. The Morgan fingerprint density at radius 1 is 0.957 bits per heavy atom. The minimum absolute atomic E-state index is 0.00855. The Balaban J connectivity index is 0.000000369. The predicted octanol–water partition coefficient (Wildman–Crippen LogP) is 7.01. The van der Waals surface area contributed by atoms with Crippen molar-refractivity contribution in [1.29, 1.82) is 0 Å². The number of aryl methyl sites for hydroxylation is 1. The molecule has 1 heterocycles. The van der Waals surface area contributed by atoms with E-state index in [2.05, 4.69) is 67.3 Å². The van der Waals surface area contributed by atoms with Crippen molar-refractivity contribution >= 4 is 26.9 Å². The van der Waals surface area contributed by atoms with E-state index in [0.717, 1.165) is 41.8 Å². The summed E-state index contributed by atoms with van der Waals surface area (Å²) >= 11 is 0. The summed E-state index contributed by atoms with van der Waals surface area (Å²) < 4.78 is 46.6. The van der Waals surface area contributed by atoms with Crippen molar-refractivity contribution in [1.82, 2.24) is 4.90 Å². The van der Waals surface area contributed by atoms with Gasteiger partial charge in [0.2, 0.25) is 0 Å². The minimum atomic E-state index is -4.02. The van der Waals surface area contributed by atoms with E-state index in [1.807, 2.05) is 26.0 Å². The summed E-state index contributed by atoms with van der Waals surface area (Å²) in [7, 11) is -2.34. The number of carbonyl (C=O) groups excluding carboxylic acids is 1. The first kappa shape index (κ1) is 35.1. The molecule has 0 aromatic heterocycles. The molecular weight excluding hydrogens is 602 g/mol. The van der Waals surface area contributed by atoms with E-state index in [-0.39, 0.29) is 22.9 Å². The summed E-state index contributed by atoms with van der Waals surface area (Å²) in [5, 5.41) is 2.32. The van der Waals surface area contributed by atoms with Crippen molar-refractivity contribution in [3.8, 4) is 5.75 Å². The second-order valence-corrected chi connectivity index (χ2v) is 13.6. The zero-order chi connectivity index (χ0) is 33.3. The summed E-state index contributed by atoms with van der Waals surface area (Å²) in [4.78, 5) is 14.9. The van der Waals surface area contributed by atoms with Gasteiger partial charge < -0.3 is 14.2 Å². The molecular formula is C37H45NO7S. The fraction of sp³-hybridized carbons (Fsp3) is 0.378. The van der Waals surface area contributed by atoms with Crippen LogP contribution in [0.15, 0.2) is 89.8 Å². The molecule has 246 valence electrons. The van der Waals surface area contributed by atoms with Gasteiger partial charge in [0.25, 0.3) is 10.1 Å². The maximum Gasteiger partial charge on any atom is 0.313 e. The van der Waals surface area contributed by atoms with Gasteiger partial charge in [-0.05, 0) is 84.0 Å². The lowest BCUT2D eigenvalue weighted by atomic mass is 9.97. The summed E-state index contributed by atoms with van der Waals surface area (Å²) in [5.41, 5.74) is 4.43. The third-order valence-electron chi connectivity index (χ3n) is 8.04. The number of esters is 1. The zero-order valence-electron chi connectivity index (χ0n) is 27.3. The van der Waals surface area contributed by atoms with E-state index in [9.17, 15) is 13.2 Å². The lowest BCUT2D eigenvalue weighted by Gasteiger charge is -2.33. The van der Waals surface area contributed by atoms with Gasteiger partial charge in [0, 0.05) is 19.6 Å². The molecule has 1 N–H and O–H groups in total. The van der Waals surface area contributed by atoms with Crippen LogP contribution < -0.4 is 4.74 Å². The van der Waals surface area contributed by atoms with Crippen LogP contribution >= 0.6 is 0 Å². The molecule has 0 spiro atoms. The molecule has 0 amide bonds. The molecule has 1 saturated heterocycles. The second kappa shape index (κ2) is 16.2. The van der Waals surface area contributed by atoms with Gasteiger partial charge in [0.05, 0.1) is 30.6 Å². The molecule has 0 radical (unpaired) electrons. The first-order valence-corrected chi connectivity index (χ1v) is 17.1. The molecule has 5 rings (SSSR count). The maximum absolute atomic E-state index is 12.6. The maximum atomic E-state index is 12.6. The fourth-order valence-electron chi connectivity index (χ4n) is 5.34. The third-order valence-corrected chi connectivity index (χ3v) is 8.91. The Bertz CT molecular complexity index is 1690. The number of rotatable bonds is 10. The number of fused-ring (bicyclic) bond motifs is 1. The molecule has 1 fully saturated rings. The Morgan fingerprint density at radius 3 is 2.28 bits per heavy atom. The molecule has 1 aliphatic heterocycles. The number of hydrogen-bond donors (Lipinski definition) is 1. The zero-order valence-corrected chi connectivity index (χ0v) is 28.1. The van der Waals surface area contributed by atoms with Gasteiger partial charge in [-0.15, -0.1) is 0 Å². The number of nitrogens with zero attached hydrogens (tertiary/aromatic N) is 1. The van der Waals surface area contributed by atoms with E-state index >= 15 is 0 Å². The molecule has 2 unspecified atom stereocenters. The first-order valence-electron chi connectivity index (χ1n) is 15.6. The highest BCUT2D eigenvalue weighted by molar-refractivity contribution is 7.85. The number of carbonyl (C=O) groups is 1. The van der Waals surface area contributed by atoms with Crippen molar-refractivity contribution < 1.29 is 32.0 Å². The highest BCUT2D eigenvalue weighted by Gasteiger charge is 2.23. The van der Waals surface area contributed by atoms with E-state index < -0.39 is 10.1 Å². The smallest absolute Gasteiger partial charge is 0.313 e. The van der Waals surface area contributed by atoms with Crippen LogP contribution in [0, 0.1) is 12.8 Å². The molecule has 8 nitrogen and oxygen atoms in total. The van der Waals surface area contributed by atoms with Gasteiger partial charge in [-0.25, -0.2) is 0 Å². The Hall–Kier alpha value is -3.76. The van der Waals surface area contributed by atoms with Gasteiger partial charge >= 0.3 is 5.97 Å². The Kier molecular flexibility index (Phi) is 12.3. The van der Waals surface area contributed by atoms with Crippen LogP contribution in [-0.4, -0.2) is 63.8 Å². The van der Waals surface area contributed by atoms with Crippen LogP contribution in [0.1, 0.15) is 55.0 Å². The largest absolute Gasteiger partial charge is 0.497 e. The summed E-state index contributed by atoms with van der Waals surface area (Å²) in [6.45, 7) is 11.6.